The van der Waals surface area contributed by atoms with E-state index < -0.39 is 0 Å². The predicted octanol–water partition coefficient (Wildman–Crippen LogP) is 1.61. The molecule has 5 heteroatoms. The van der Waals surface area contributed by atoms with E-state index in [1.165, 1.54) is 0 Å². The van der Waals surface area contributed by atoms with E-state index in [-0.39, 0.29) is 11.9 Å². The monoisotopic (exact) mass is 259 g/mol. The normalized spacial score (nSPS) is 19.8. The van der Waals surface area contributed by atoms with Gasteiger partial charge in [0.2, 0.25) is 0 Å². The van der Waals surface area contributed by atoms with Gasteiger partial charge in [0.15, 0.2) is 0 Å². The molecule has 2 aromatic rings. The lowest BCUT2D eigenvalue weighted by molar-refractivity contribution is 0.00332. The van der Waals surface area contributed by atoms with Crippen LogP contribution in [0.5, 0.6) is 0 Å². The van der Waals surface area contributed by atoms with Crippen LogP contribution in [0.25, 0.3) is 10.9 Å². The zero-order valence-electron chi connectivity index (χ0n) is 10.8. The molecule has 1 amide bonds. The third-order valence-electron chi connectivity index (χ3n) is 3.55. The SMILES string of the molecule is C[C@@H]1COCCN1C(=O)c1cc2cccc(N)c2[nH]1. The molecule has 5 nitrogen and oxygen atoms in total. The van der Waals surface area contributed by atoms with Crippen molar-refractivity contribution >= 4 is 22.5 Å². The summed E-state index contributed by atoms with van der Waals surface area (Å²) >= 11 is 0. The van der Waals surface area contributed by atoms with Gasteiger partial charge in [-0.1, -0.05) is 12.1 Å². The third kappa shape index (κ3) is 2.06. The molecule has 3 N–H and O–H groups in total. The molecule has 1 aliphatic rings. The van der Waals surface area contributed by atoms with Gasteiger partial charge in [-0.25, -0.2) is 0 Å². The van der Waals surface area contributed by atoms with Crippen LogP contribution in [-0.4, -0.2) is 41.6 Å². The highest BCUT2D eigenvalue weighted by Crippen LogP contribution is 2.22. The lowest BCUT2D eigenvalue weighted by atomic mass is 10.2. The van der Waals surface area contributed by atoms with E-state index in [4.69, 9.17) is 10.5 Å². The molecule has 100 valence electrons. The van der Waals surface area contributed by atoms with Crippen LogP contribution in [-0.2, 0) is 4.74 Å². The fraction of sp³-hybridized carbons (Fsp3) is 0.357. The van der Waals surface area contributed by atoms with Gasteiger partial charge < -0.3 is 20.4 Å². The molecule has 0 radical (unpaired) electrons. The summed E-state index contributed by atoms with van der Waals surface area (Å²) < 4.78 is 5.35. The second-order valence-electron chi connectivity index (χ2n) is 4.92. The molecule has 0 spiro atoms. The summed E-state index contributed by atoms with van der Waals surface area (Å²) in [6.45, 7) is 3.81. The molecular weight excluding hydrogens is 242 g/mol. The molecule has 1 atom stereocenters. The standard InChI is InChI=1S/C14H17N3O2/c1-9-8-19-6-5-17(9)14(18)12-7-10-3-2-4-11(15)13(10)16-12/h2-4,7,9,16H,5-6,8,15H2,1H3/t9-/m1/s1. The average Bonchev–Trinajstić information content (AvgIpc) is 2.84. The summed E-state index contributed by atoms with van der Waals surface area (Å²) in [4.78, 5) is 17.5. The highest BCUT2D eigenvalue weighted by Gasteiger charge is 2.25. The Balaban J connectivity index is 1.95. The smallest absolute Gasteiger partial charge is 0.270 e. The number of nitrogens with two attached hydrogens (primary N) is 1. The van der Waals surface area contributed by atoms with E-state index in [2.05, 4.69) is 4.98 Å². The second-order valence-corrected chi connectivity index (χ2v) is 4.92. The van der Waals surface area contributed by atoms with Gasteiger partial charge in [0.05, 0.1) is 30.5 Å². The van der Waals surface area contributed by atoms with Gasteiger partial charge in [-0.05, 0) is 19.1 Å². The molecule has 0 unspecified atom stereocenters. The zero-order valence-corrected chi connectivity index (χ0v) is 10.8. The zero-order chi connectivity index (χ0) is 13.4. The molecule has 0 bridgehead atoms. The Bertz CT molecular complexity index is 620. The van der Waals surface area contributed by atoms with E-state index in [0.29, 0.717) is 31.1 Å². The number of hydrogen-bond donors (Lipinski definition) is 2. The first-order chi connectivity index (χ1) is 9.16. The lowest BCUT2D eigenvalue weighted by Gasteiger charge is -2.32. The van der Waals surface area contributed by atoms with Crippen molar-refractivity contribution in [3.8, 4) is 0 Å². The maximum Gasteiger partial charge on any atom is 0.270 e. The molecule has 3 rings (SSSR count). The summed E-state index contributed by atoms with van der Waals surface area (Å²) in [5.41, 5.74) is 7.97. The van der Waals surface area contributed by atoms with Gasteiger partial charge >= 0.3 is 0 Å². The van der Waals surface area contributed by atoms with Gasteiger partial charge in [0.25, 0.3) is 5.91 Å². The minimum atomic E-state index is 0.00593. The number of nitrogens with one attached hydrogen (secondary N) is 1. The fourth-order valence-corrected chi connectivity index (χ4v) is 2.48. The number of hydrogen-bond acceptors (Lipinski definition) is 3. The van der Waals surface area contributed by atoms with E-state index >= 15 is 0 Å². The number of benzene rings is 1. The number of anilines is 1. The van der Waals surface area contributed by atoms with Gasteiger partial charge in [0.1, 0.15) is 5.69 Å². The Morgan fingerprint density at radius 2 is 2.37 bits per heavy atom. The van der Waals surface area contributed by atoms with Crippen LogP contribution in [0.15, 0.2) is 24.3 Å². The number of amides is 1. The Morgan fingerprint density at radius 1 is 1.53 bits per heavy atom. The van der Waals surface area contributed by atoms with Crippen LogP contribution in [0.4, 0.5) is 5.69 Å². The molecule has 19 heavy (non-hydrogen) atoms. The first kappa shape index (κ1) is 12.0. The number of ether oxygens (including phenoxy) is 1. The van der Waals surface area contributed by atoms with Crippen LogP contribution >= 0.6 is 0 Å². The molecule has 1 saturated heterocycles. The topological polar surface area (TPSA) is 71.3 Å². The maximum atomic E-state index is 12.5. The number of carbonyl (C=O) groups excluding carboxylic acids is 1. The summed E-state index contributed by atoms with van der Waals surface area (Å²) in [5, 5.41) is 0.962. The van der Waals surface area contributed by atoms with Gasteiger partial charge in [-0.3, -0.25) is 4.79 Å². The van der Waals surface area contributed by atoms with Crippen LogP contribution in [0.3, 0.4) is 0 Å². The van der Waals surface area contributed by atoms with Crippen molar-refractivity contribution in [3.05, 3.63) is 30.0 Å². The molecule has 0 saturated carbocycles. The molecule has 1 aliphatic heterocycles. The van der Waals surface area contributed by atoms with Gasteiger partial charge in [0, 0.05) is 11.9 Å². The molecule has 0 aliphatic carbocycles. The third-order valence-corrected chi connectivity index (χ3v) is 3.55. The highest BCUT2D eigenvalue weighted by molar-refractivity contribution is 6.01. The molecule has 2 heterocycles. The number of fused-ring (bicyclic) bond motifs is 1. The van der Waals surface area contributed by atoms with Crippen molar-refractivity contribution in [1.82, 2.24) is 9.88 Å². The van der Waals surface area contributed by atoms with Crippen molar-refractivity contribution in [2.24, 2.45) is 0 Å². The number of H-pyrrole nitrogens is 1. The number of morpholine rings is 1. The van der Waals surface area contributed by atoms with Crippen LogP contribution < -0.4 is 5.73 Å². The number of aromatic nitrogens is 1. The summed E-state index contributed by atoms with van der Waals surface area (Å²) in [6.07, 6.45) is 0. The minimum absolute atomic E-state index is 0.00593. The van der Waals surface area contributed by atoms with E-state index in [1.54, 1.807) is 0 Å². The van der Waals surface area contributed by atoms with E-state index in [9.17, 15) is 4.79 Å². The Hall–Kier alpha value is -2.01. The Kier molecular flexibility index (Phi) is 2.91. The number of aromatic amines is 1. The lowest BCUT2D eigenvalue weighted by Crippen LogP contribution is -2.47. The highest BCUT2D eigenvalue weighted by atomic mass is 16.5. The molecule has 1 aromatic heterocycles. The van der Waals surface area contributed by atoms with Crippen LogP contribution in [0, 0.1) is 0 Å². The second kappa shape index (κ2) is 4.59. The number of nitrogen functional groups attached to an aromatic ring is 1. The largest absolute Gasteiger partial charge is 0.397 e. The first-order valence-electron chi connectivity index (χ1n) is 6.43. The number of rotatable bonds is 1. The number of carbonyl (C=O) groups is 1. The van der Waals surface area contributed by atoms with Crippen molar-refractivity contribution in [3.63, 3.8) is 0 Å². The first-order valence-corrected chi connectivity index (χ1v) is 6.43. The van der Waals surface area contributed by atoms with Crippen LogP contribution in [0.1, 0.15) is 17.4 Å². The minimum Gasteiger partial charge on any atom is -0.397 e. The van der Waals surface area contributed by atoms with Crippen molar-refractivity contribution in [2.45, 2.75) is 13.0 Å². The van der Waals surface area contributed by atoms with Crippen molar-refractivity contribution < 1.29 is 9.53 Å². The fourth-order valence-electron chi connectivity index (χ4n) is 2.48. The van der Waals surface area contributed by atoms with E-state index in [1.807, 2.05) is 36.1 Å². The molecule has 1 fully saturated rings. The average molecular weight is 259 g/mol. The van der Waals surface area contributed by atoms with Crippen LogP contribution in [0.2, 0.25) is 0 Å². The number of nitrogens with zero attached hydrogens (tertiary/aromatic N) is 1. The quantitative estimate of drug-likeness (QED) is 0.764. The molecular formula is C14H17N3O2. The summed E-state index contributed by atoms with van der Waals surface area (Å²) in [7, 11) is 0. The number of para-hydroxylation sites is 1. The predicted molar refractivity (Wildman–Crippen MR) is 74.0 cm³/mol. The summed E-state index contributed by atoms with van der Waals surface area (Å²) in [5.74, 6) is 0.00593. The Morgan fingerprint density at radius 3 is 3.11 bits per heavy atom. The van der Waals surface area contributed by atoms with Gasteiger partial charge in [-0.2, -0.15) is 0 Å². The van der Waals surface area contributed by atoms with Crippen molar-refractivity contribution in [1.29, 1.82) is 0 Å². The van der Waals surface area contributed by atoms with Gasteiger partial charge in [-0.15, -0.1) is 0 Å². The van der Waals surface area contributed by atoms with E-state index in [0.717, 1.165) is 10.9 Å². The Labute approximate surface area is 111 Å². The van der Waals surface area contributed by atoms with Crippen molar-refractivity contribution in [2.75, 3.05) is 25.5 Å². The summed E-state index contributed by atoms with van der Waals surface area (Å²) in [6, 6.07) is 7.62. The maximum absolute atomic E-state index is 12.5. The molecule has 1 aromatic carbocycles.